The molecule has 0 aliphatic carbocycles. The van der Waals surface area contributed by atoms with Gasteiger partial charge in [-0.25, -0.2) is 4.57 Å². The Balaban J connectivity index is 0.00000338. The van der Waals surface area contributed by atoms with Crippen molar-refractivity contribution in [3.63, 3.8) is 0 Å². The van der Waals surface area contributed by atoms with Crippen LogP contribution in [-0.4, -0.2) is 4.89 Å². The minimum absolute atomic E-state index is 0. The molecule has 0 atom stereocenters. The maximum atomic E-state index is 12.2. The van der Waals surface area contributed by atoms with Crippen LogP contribution in [0.15, 0.2) is 48.5 Å². The maximum absolute atomic E-state index is 12.2. The molecule has 2 aromatic carbocycles. The van der Waals surface area contributed by atoms with Crippen molar-refractivity contribution in [2.75, 3.05) is 0 Å². The summed E-state index contributed by atoms with van der Waals surface area (Å²) in [5.41, 5.74) is 2.25. The van der Waals surface area contributed by atoms with Crippen LogP contribution in [-0.2, 0) is 15.4 Å². The third-order valence-electron chi connectivity index (χ3n) is 3.88. The molecule has 0 aliphatic rings. The standard InChI is InChI=1S/C20H27O4P.Na.H/c1-19(2,3)15-7-11-17(12-8-15)23-25(21,22)24-18-13-9-16(10-14-18)20(4,5)6;;/h7-14H,1-6H3,(H,21,22);;/q;+1;-1. The van der Waals surface area contributed by atoms with Crippen molar-refractivity contribution in [1.29, 1.82) is 0 Å². The first-order valence-electron chi connectivity index (χ1n) is 8.30. The molecule has 0 bridgehead atoms. The monoisotopic (exact) mass is 386 g/mol. The Bertz CT molecular complexity index is 699. The zero-order valence-electron chi connectivity index (χ0n) is 17.7. The number of rotatable bonds is 4. The van der Waals surface area contributed by atoms with Crippen LogP contribution in [0.2, 0.25) is 0 Å². The fourth-order valence-electron chi connectivity index (χ4n) is 2.32. The van der Waals surface area contributed by atoms with Crippen molar-refractivity contribution in [2.45, 2.75) is 52.4 Å². The molecule has 0 saturated heterocycles. The van der Waals surface area contributed by atoms with E-state index in [1.165, 1.54) is 0 Å². The first-order chi connectivity index (χ1) is 11.4. The summed E-state index contributed by atoms with van der Waals surface area (Å²) in [5, 5.41) is 0. The predicted octanol–water partition coefficient (Wildman–Crippen LogP) is 2.96. The SMILES string of the molecule is CC(C)(C)c1ccc(OP(=O)(O)Oc2ccc(C(C)(C)C)cc2)cc1.[H-].[Na+]. The Hall–Kier alpha value is -0.770. The van der Waals surface area contributed by atoms with Gasteiger partial charge < -0.3 is 10.5 Å². The largest absolute Gasteiger partial charge is 1.00 e. The smallest absolute Gasteiger partial charge is 1.00 e. The van der Waals surface area contributed by atoms with Gasteiger partial charge in [-0.15, -0.1) is 0 Å². The number of hydrogen-bond donors (Lipinski definition) is 1. The molecule has 2 rings (SSSR count). The summed E-state index contributed by atoms with van der Waals surface area (Å²) in [6, 6.07) is 14.2. The van der Waals surface area contributed by atoms with Gasteiger partial charge in [-0.2, -0.15) is 0 Å². The average Bonchev–Trinajstić information content (AvgIpc) is 2.45. The second kappa shape index (κ2) is 8.50. The molecule has 1 N–H and O–H groups in total. The summed E-state index contributed by atoms with van der Waals surface area (Å²) in [4.78, 5) is 9.99. The number of benzene rings is 2. The van der Waals surface area contributed by atoms with Crippen LogP contribution in [0.4, 0.5) is 0 Å². The van der Waals surface area contributed by atoms with E-state index in [2.05, 4.69) is 41.5 Å². The van der Waals surface area contributed by atoms with Crippen molar-refractivity contribution in [3.05, 3.63) is 59.7 Å². The van der Waals surface area contributed by atoms with E-state index in [1.54, 1.807) is 24.3 Å². The van der Waals surface area contributed by atoms with Gasteiger partial charge in [0.2, 0.25) is 0 Å². The van der Waals surface area contributed by atoms with Gasteiger partial charge in [0.15, 0.2) is 0 Å². The molecule has 26 heavy (non-hydrogen) atoms. The fourth-order valence-corrected chi connectivity index (χ4v) is 3.13. The molecule has 0 unspecified atom stereocenters. The molecule has 0 saturated carbocycles. The Morgan fingerprint density at radius 2 is 1.00 bits per heavy atom. The zero-order chi connectivity index (χ0) is 18.9. The zero-order valence-corrected chi connectivity index (χ0v) is 19.6. The van der Waals surface area contributed by atoms with Gasteiger partial charge in [0.05, 0.1) is 0 Å². The summed E-state index contributed by atoms with van der Waals surface area (Å²) in [6.45, 7) is 12.6. The molecule has 2 aromatic rings. The van der Waals surface area contributed by atoms with Gasteiger partial charge in [0, 0.05) is 0 Å². The van der Waals surface area contributed by atoms with Crippen LogP contribution in [0, 0.1) is 0 Å². The Morgan fingerprint density at radius 1 is 0.731 bits per heavy atom. The molecule has 0 aromatic heterocycles. The topological polar surface area (TPSA) is 55.8 Å². The normalized spacial score (nSPS) is 12.3. The summed E-state index contributed by atoms with van der Waals surface area (Å²) < 4.78 is 22.5. The summed E-state index contributed by atoms with van der Waals surface area (Å²) in [6.07, 6.45) is 0. The molecule has 0 radical (unpaired) electrons. The van der Waals surface area contributed by atoms with Crippen molar-refractivity contribution in [1.82, 2.24) is 0 Å². The third-order valence-corrected chi connectivity index (χ3v) is 4.77. The molecule has 4 nitrogen and oxygen atoms in total. The molecule has 0 amide bonds. The maximum Gasteiger partial charge on any atom is 1.00 e. The van der Waals surface area contributed by atoms with Crippen molar-refractivity contribution >= 4 is 7.82 Å². The molecule has 0 spiro atoms. The molecule has 138 valence electrons. The number of phosphoric acid groups is 1. The van der Waals surface area contributed by atoms with Crippen LogP contribution in [0.25, 0.3) is 0 Å². The molecular formula is C20H28NaO4P. The number of phosphoric ester groups is 1. The van der Waals surface area contributed by atoms with Crippen LogP contribution in [0.1, 0.15) is 54.1 Å². The van der Waals surface area contributed by atoms with E-state index in [0.29, 0.717) is 11.5 Å². The van der Waals surface area contributed by atoms with Gasteiger partial charge in [0.25, 0.3) is 0 Å². The van der Waals surface area contributed by atoms with E-state index in [0.717, 1.165) is 11.1 Å². The summed E-state index contributed by atoms with van der Waals surface area (Å²) in [5.74, 6) is 0.593. The van der Waals surface area contributed by atoms with Crippen molar-refractivity contribution in [3.8, 4) is 11.5 Å². The van der Waals surface area contributed by atoms with E-state index in [1.807, 2.05) is 24.3 Å². The molecule has 0 aliphatic heterocycles. The van der Waals surface area contributed by atoms with E-state index >= 15 is 0 Å². The molecule has 0 fully saturated rings. The number of hydrogen-bond acceptors (Lipinski definition) is 3. The van der Waals surface area contributed by atoms with Crippen LogP contribution >= 0.6 is 7.82 Å². The van der Waals surface area contributed by atoms with Crippen LogP contribution < -0.4 is 38.6 Å². The third kappa shape index (κ3) is 6.75. The van der Waals surface area contributed by atoms with Crippen LogP contribution in [0.3, 0.4) is 0 Å². The quantitative estimate of drug-likeness (QED) is 0.649. The first kappa shape index (κ1) is 23.3. The van der Waals surface area contributed by atoms with Gasteiger partial charge in [-0.3, -0.25) is 4.89 Å². The minimum Gasteiger partial charge on any atom is -1.00 e. The Labute approximate surface area is 180 Å². The molecular weight excluding hydrogens is 358 g/mol. The summed E-state index contributed by atoms with van der Waals surface area (Å²) >= 11 is 0. The molecule has 6 heteroatoms. The van der Waals surface area contributed by atoms with Crippen molar-refractivity contribution in [2.24, 2.45) is 0 Å². The van der Waals surface area contributed by atoms with Gasteiger partial charge in [-0.1, -0.05) is 65.8 Å². The van der Waals surface area contributed by atoms with E-state index < -0.39 is 7.82 Å². The van der Waals surface area contributed by atoms with Crippen molar-refractivity contribution < 1.29 is 49.5 Å². The second-order valence-corrected chi connectivity index (χ2v) is 9.50. The fraction of sp³-hybridized carbons (Fsp3) is 0.400. The average molecular weight is 386 g/mol. The second-order valence-electron chi connectivity index (χ2n) is 8.20. The van der Waals surface area contributed by atoms with Gasteiger partial charge in [0.1, 0.15) is 11.5 Å². The minimum atomic E-state index is -4.25. The Morgan fingerprint density at radius 3 is 1.23 bits per heavy atom. The van der Waals surface area contributed by atoms with E-state index in [4.69, 9.17) is 9.05 Å². The predicted molar refractivity (Wildman–Crippen MR) is 102 cm³/mol. The first-order valence-corrected chi connectivity index (χ1v) is 9.79. The summed E-state index contributed by atoms with van der Waals surface area (Å²) in [7, 11) is -4.25. The van der Waals surface area contributed by atoms with Gasteiger partial charge >= 0.3 is 37.4 Å². The molecule has 0 heterocycles. The Kier molecular flexibility index (Phi) is 7.60. The van der Waals surface area contributed by atoms with E-state index in [-0.39, 0.29) is 41.8 Å². The van der Waals surface area contributed by atoms with E-state index in [9.17, 15) is 9.46 Å². The van der Waals surface area contributed by atoms with Crippen LogP contribution in [0.5, 0.6) is 11.5 Å². The van der Waals surface area contributed by atoms with Gasteiger partial charge in [-0.05, 0) is 46.2 Å².